The molecule has 1 aromatic carbocycles. The Balaban J connectivity index is 2.16. The Morgan fingerprint density at radius 2 is 2.00 bits per heavy atom. The summed E-state index contributed by atoms with van der Waals surface area (Å²) in [6, 6.07) is 7.82. The van der Waals surface area contributed by atoms with E-state index in [-0.39, 0.29) is 24.0 Å². The summed E-state index contributed by atoms with van der Waals surface area (Å²) in [6.07, 6.45) is 2.02. The summed E-state index contributed by atoms with van der Waals surface area (Å²) in [5.74, 6) is 0.0883. The molecule has 1 saturated carbocycles. The van der Waals surface area contributed by atoms with Gasteiger partial charge in [0, 0.05) is 19.0 Å². The molecule has 2 rings (SSSR count). The first kappa shape index (κ1) is 16.0. The van der Waals surface area contributed by atoms with Gasteiger partial charge in [0.1, 0.15) is 6.04 Å². The minimum atomic E-state index is -0.274. The van der Waals surface area contributed by atoms with Gasteiger partial charge in [-0.3, -0.25) is 9.69 Å². The number of rotatable bonds is 6. The fraction of sp³-hybridized carbons (Fsp3) is 0.588. The van der Waals surface area contributed by atoms with Crippen molar-refractivity contribution in [1.29, 1.82) is 0 Å². The van der Waals surface area contributed by atoms with E-state index in [4.69, 9.17) is 0 Å². The molecule has 4 heteroatoms. The highest BCUT2D eigenvalue weighted by atomic mass is 16.3. The van der Waals surface area contributed by atoms with Crippen molar-refractivity contribution in [1.82, 2.24) is 9.80 Å². The van der Waals surface area contributed by atoms with Crippen molar-refractivity contribution in [2.75, 3.05) is 34.3 Å². The molecule has 0 bridgehead atoms. The molecule has 1 aliphatic rings. The number of hydrogen-bond acceptors (Lipinski definition) is 3. The number of aliphatic hydroxyl groups is 1. The molecule has 0 aromatic heterocycles. The molecule has 0 radical (unpaired) electrons. The molecule has 0 aliphatic heterocycles. The van der Waals surface area contributed by atoms with E-state index >= 15 is 0 Å². The lowest BCUT2D eigenvalue weighted by Gasteiger charge is -2.30. The summed E-state index contributed by atoms with van der Waals surface area (Å²) in [6.45, 7) is 2.84. The molecule has 0 unspecified atom stereocenters. The van der Waals surface area contributed by atoms with E-state index in [1.54, 1.807) is 4.90 Å². The summed E-state index contributed by atoms with van der Waals surface area (Å²) in [4.78, 5) is 16.5. The largest absolute Gasteiger partial charge is 0.396 e. The maximum Gasteiger partial charge on any atom is 0.244 e. The first-order valence-electron chi connectivity index (χ1n) is 7.47. The lowest BCUT2D eigenvalue weighted by Crippen LogP contribution is -2.41. The number of nitrogens with zero attached hydrogens (tertiary/aromatic N) is 2. The van der Waals surface area contributed by atoms with Gasteiger partial charge in [0.2, 0.25) is 5.91 Å². The molecular weight excluding hydrogens is 264 g/mol. The highest BCUT2D eigenvalue weighted by Crippen LogP contribution is 2.45. The van der Waals surface area contributed by atoms with E-state index in [2.05, 4.69) is 6.07 Å². The van der Waals surface area contributed by atoms with Crippen molar-refractivity contribution in [3.05, 3.63) is 35.4 Å². The number of hydrogen-bond donors (Lipinski definition) is 1. The molecule has 21 heavy (non-hydrogen) atoms. The average molecular weight is 290 g/mol. The second kappa shape index (κ2) is 6.16. The van der Waals surface area contributed by atoms with Crippen LogP contribution in [-0.4, -0.2) is 55.1 Å². The van der Waals surface area contributed by atoms with Crippen LogP contribution in [0, 0.1) is 12.3 Å². The Kier molecular flexibility index (Phi) is 4.69. The number of likely N-dealkylation sites (N-methyl/N-ethyl adjacent to an activating group) is 2. The molecule has 0 saturated heterocycles. The third kappa shape index (κ3) is 3.63. The van der Waals surface area contributed by atoms with Crippen LogP contribution in [0.2, 0.25) is 0 Å². The molecule has 1 N–H and O–H groups in total. The molecule has 116 valence electrons. The molecule has 1 aromatic rings. The van der Waals surface area contributed by atoms with Crippen LogP contribution in [0.1, 0.15) is 30.0 Å². The summed E-state index contributed by atoms with van der Waals surface area (Å²) < 4.78 is 0. The van der Waals surface area contributed by atoms with Crippen molar-refractivity contribution < 1.29 is 9.90 Å². The van der Waals surface area contributed by atoms with Gasteiger partial charge in [0.15, 0.2) is 0 Å². The molecule has 1 fully saturated rings. The van der Waals surface area contributed by atoms with Crippen LogP contribution >= 0.6 is 0 Å². The van der Waals surface area contributed by atoms with Crippen LogP contribution in [-0.2, 0) is 4.79 Å². The highest BCUT2D eigenvalue weighted by Gasteiger charge is 2.44. The topological polar surface area (TPSA) is 43.8 Å². The fourth-order valence-electron chi connectivity index (χ4n) is 2.83. The van der Waals surface area contributed by atoms with Crippen LogP contribution in [0.4, 0.5) is 0 Å². The monoisotopic (exact) mass is 290 g/mol. The maximum atomic E-state index is 12.8. The van der Waals surface area contributed by atoms with Gasteiger partial charge in [-0.15, -0.1) is 0 Å². The molecule has 1 atom stereocenters. The Bertz CT molecular complexity index is 509. The Labute approximate surface area is 127 Å². The number of aliphatic hydroxyl groups excluding tert-OH is 1. The zero-order valence-electron chi connectivity index (χ0n) is 13.5. The third-order valence-electron chi connectivity index (χ3n) is 4.35. The lowest BCUT2D eigenvalue weighted by molar-refractivity contribution is -0.136. The van der Waals surface area contributed by atoms with Crippen molar-refractivity contribution >= 4 is 5.91 Å². The molecule has 1 amide bonds. The average Bonchev–Trinajstić information content (AvgIpc) is 3.18. The van der Waals surface area contributed by atoms with Gasteiger partial charge < -0.3 is 10.0 Å². The molecule has 4 nitrogen and oxygen atoms in total. The number of carbonyl (C=O) groups excluding carboxylic acids is 1. The van der Waals surface area contributed by atoms with Crippen molar-refractivity contribution in [2.45, 2.75) is 25.8 Å². The first-order valence-corrected chi connectivity index (χ1v) is 7.47. The standard InChI is InChI=1S/C17H26N2O2/c1-13-6-5-7-14(10-13)15(18(2)3)16(21)19(4)11-17(12-20)8-9-17/h5-7,10,15,20H,8-9,11-12H2,1-4H3/t15-/m1/s1. The molecule has 0 heterocycles. The van der Waals surface area contributed by atoms with Gasteiger partial charge >= 0.3 is 0 Å². The third-order valence-corrected chi connectivity index (χ3v) is 4.35. The quantitative estimate of drug-likeness (QED) is 0.869. The predicted octanol–water partition coefficient (Wildman–Crippen LogP) is 1.83. The van der Waals surface area contributed by atoms with E-state index in [1.807, 2.05) is 51.2 Å². The Morgan fingerprint density at radius 1 is 1.33 bits per heavy atom. The summed E-state index contributed by atoms with van der Waals surface area (Å²) >= 11 is 0. The molecule has 0 spiro atoms. The van der Waals surface area contributed by atoms with Crippen LogP contribution in [0.5, 0.6) is 0 Å². The maximum absolute atomic E-state index is 12.8. The number of benzene rings is 1. The SMILES string of the molecule is Cc1cccc([C@H](C(=O)N(C)CC2(CO)CC2)N(C)C)c1. The van der Waals surface area contributed by atoms with E-state index in [0.29, 0.717) is 6.54 Å². The van der Waals surface area contributed by atoms with E-state index in [9.17, 15) is 9.90 Å². The fourth-order valence-corrected chi connectivity index (χ4v) is 2.83. The lowest BCUT2D eigenvalue weighted by atomic mass is 10.0. The summed E-state index contributed by atoms with van der Waals surface area (Å²) in [7, 11) is 5.69. The van der Waals surface area contributed by atoms with Crippen molar-refractivity contribution in [2.24, 2.45) is 5.41 Å². The number of amides is 1. The second-order valence-electron chi connectivity index (χ2n) is 6.63. The second-order valence-corrected chi connectivity index (χ2v) is 6.63. The Morgan fingerprint density at radius 3 is 2.48 bits per heavy atom. The zero-order chi connectivity index (χ0) is 15.6. The van der Waals surface area contributed by atoms with Gasteiger partial charge in [0.25, 0.3) is 0 Å². The zero-order valence-corrected chi connectivity index (χ0v) is 13.5. The molecule has 1 aliphatic carbocycles. The van der Waals surface area contributed by atoms with Crippen molar-refractivity contribution in [3.63, 3.8) is 0 Å². The van der Waals surface area contributed by atoms with Crippen LogP contribution < -0.4 is 0 Å². The normalized spacial score (nSPS) is 17.6. The Hall–Kier alpha value is -1.39. The minimum absolute atomic E-state index is 0.0477. The van der Waals surface area contributed by atoms with Gasteiger partial charge in [-0.2, -0.15) is 0 Å². The van der Waals surface area contributed by atoms with Crippen LogP contribution in [0.15, 0.2) is 24.3 Å². The minimum Gasteiger partial charge on any atom is -0.396 e. The van der Waals surface area contributed by atoms with Gasteiger partial charge in [-0.25, -0.2) is 0 Å². The van der Waals surface area contributed by atoms with Gasteiger partial charge in [0.05, 0.1) is 6.61 Å². The first-order chi connectivity index (χ1) is 9.88. The highest BCUT2D eigenvalue weighted by molar-refractivity contribution is 5.83. The van der Waals surface area contributed by atoms with Gasteiger partial charge in [-0.05, 0) is 39.4 Å². The van der Waals surface area contributed by atoms with E-state index in [0.717, 1.165) is 24.0 Å². The van der Waals surface area contributed by atoms with E-state index in [1.165, 1.54) is 0 Å². The predicted molar refractivity (Wildman–Crippen MR) is 84.0 cm³/mol. The van der Waals surface area contributed by atoms with Crippen LogP contribution in [0.3, 0.4) is 0 Å². The van der Waals surface area contributed by atoms with Gasteiger partial charge in [-0.1, -0.05) is 29.8 Å². The number of carbonyl (C=O) groups is 1. The summed E-state index contributed by atoms with van der Waals surface area (Å²) in [5, 5.41) is 9.44. The number of aryl methyl sites for hydroxylation is 1. The summed E-state index contributed by atoms with van der Waals surface area (Å²) in [5.41, 5.74) is 2.13. The van der Waals surface area contributed by atoms with Crippen LogP contribution in [0.25, 0.3) is 0 Å². The smallest absolute Gasteiger partial charge is 0.244 e. The van der Waals surface area contributed by atoms with Crippen molar-refractivity contribution in [3.8, 4) is 0 Å². The molecular formula is C17H26N2O2. The van der Waals surface area contributed by atoms with E-state index < -0.39 is 0 Å².